The molecule has 0 unspecified atom stereocenters. The molecule has 1 saturated carbocycles. The van der Waals surface area contributed by atoms with E-state index in [1.54, 1.807) is 0 Å². The van der Waals surface area contributed by atoms with E-state index in [4.69, 9.17) is 14.6 Å². The molecule has 0 N–H and O–H groups in total. The molecule has 1 fully saturated rings. The lowest BCUT2D eigenvalue weighted by Crippen LogP contribution is -2.28. The molecule has 0 amide bonds. The van der Waals surface area contributed by atoms with Crippen molar-refractivity contribution in [2.45, 2.75) is 65.5 Å². The van der Waals surface area contributed by atoms with Crippen LogP contribution in [0, 0.1) is 18.8 Å². The minimum atomic E-state index is -0.460. The summed E-state index contributed by atoms with van der Waals surface area (Å²) in [6.07, 6.45) is 4.59. The minimum absolute atomic E-state index is 0.0416. The van der Waals surface area contributed by atoms with Crippen LogP contribution in [0.2, 0.25) is 0 Å². The zero-order chi connectivity index (χ0) is 21.7. The number of aromatic nitrogens is 2. The van der Waals surface area contributed by atoms with E-state index in [0.717, 1.165) is 48.0 Å². The second kappa shape index (κ2) is 10.1. The van der Waals surface area contributed by atoms with Crippen molar-refractivity contribution in [3.8, 4) is 11.3 Å². The van der Waals surface area contributed by atoms with Crippen molar-refractivity contribution in [2.75, 3.05) is 13.2 Å². The number of benzene rings is 1. The van der Waals surface area contributed by atoms with Gasteiger partial charge in [0.15, 0.2) is 0 Å². The van der Waals surface area contributed by atoms with Gasteiger partial charge in [-0.3, -0.25) is 4.68 Å². The molecule has 6 heteroatoms. The van der Waals surface area contributed by atoms with E-state index in [0.29, 0.717) is 18.4 Å². The van der Waals surface area contributed by atoms with E-state index in [2.05, 4.69) is 39.7 Å². The quantitative estimate of drug-likeness (QED) is 0.474. The average Bonchev–Trinajstić information content (AvgIpc) is 2.97. The Morgan fingerprint density at radius 2 is 1.77 bits per heavy atom. The number of carbonyl (C=O) groups is 1. The van der Waals surface area contributed by atoms with Crippen LogP contribution in [-0.2, 0) is 20.8 Å². The van der Waals surface area contributed by atoms with E-state index < -0.39 is 5.60 Å². The Balaban J connectivity index is 1.46. The number of rotatable bonds is 7. The third kappa shape index (κ3) is 6.42. The summed E-state index contributed by atoms with van der Waals surface area (Å²) >= 11 is 3.73. The monoisotopic (exact) mass is 476 g/mol. The molecule has 0 saturated heterocycles. The van der Waals surface area contributed by atoms with Crippen molar-refractivity contribution in [2.24, 2.45) is 11.8 Å². The Morgan fingerprint density at radius 1 is 1.13 bits per heavy atom. The summed E-state index contributed by atoms with van der Waals surface area (Å²) < 4.78 is 14.1. The number of ether oxygens (including phenoxy) is 2. The smallest absolute Gasteiger partial charge is 0.332 e. The minimum Gasteiger partial charge on any atom is -0.458 e. The SMILES string of the molecule is Cc1c(Br)c(-c2ccccc2)nn1CC1CCC(COCC(=O)OC(C)(C)C)CC1. The van der Waals surface area contributed by atoms with Crippen LogP contribution < -0.4 is 0 Å². The number of carbonyl (C=O) groups excluding carboxylic acids is 1. The Hall–Kier alpha value is -1.66. The molecule has 0 aliphatic heterocycles. The highest BCUT2D eigenvalue weighted by molar-refractivity contribution is 9.10. The average molecular weight is 477 g/mol. The summed E-state index contributed by atoms with van der Waals surface area (Å²) in [5.41, 5.74) is 2.87. The molecule has 3 rings (SSSR count). The van der Waals surface area contributed by atoms with E-state index in [1.807, 2.05) is 39.0 Å². The highest BCUT2D eigenvalue weighted by atomic mass is 79.9. The largest absolute Gasteiger partial charge is 0.458 e. The molecule has 0 radical (unpaired) electrons. The van der Waals surface area contributed by atoms with E-state index in [-0.39, 0.29) is 12.6 Å². The molecule has 164 valence electrons. The molecule has 0 atom stereocenters. The molecular weight excluding hydrogens is 444 g/mol. The second-order valence-electron chi connectivity index (χ2n) is 9.28. The molecule has 0 bridgehead atoms. The van der Waals surface area contributed by atoms with E-state index in [1.165, 1.54) is 5.69 Å². The summed E-state index contributed by atoms with van der Waals surface area (Å²) in [5, 5.41) is 4.88. The molecule has 1 aliphatic carbocycles. The maximum atomic E-state index is 11.8. The number of hydrogen-bond donors (Lipinski definition) is 0. The lowest BCUT2D eigenvalue weighted by atomic mass is 9.82. The van der Waals surface area contributed by atoms with Crippen LogP contribution in [0.15, 0.2) is 34.8 Å². The van der Waals surface area contributed by atoms with Gasteiger partial charge in [-0.1, -0.05) is 30.3 Å². The van der Waals surface area contributed by atoms with Gasteiger partial charge in [0.25, 0.3) is 0 Å². The summed E-state index contributed by atoms with van der Waals surface area (Å²) in [7, 11) is 0. The van der Waals surface area contributed by atoms with Crippen LogP contribution in [0.1, 0.15) is 52.1 Å². The fourth-order valence-electron chi connectivity index (χ4n) is 3.99. The standard InChI is InChI=1S/C24H33BrN2O3/c1-17-22(25)23(20-8-6-5-7-9-20)26-27(17)14-18-10-12-19(13-11-18)15-29-16-21(28)30-24(2,3)4/h5-9,18-19H,10-16H2,1-4H3. The molecule has 1 heterocycles. The molecule has 1 aromatic heterocycles. The van der Waals surface area contributed by atoms with Gasteiger partial charge < -0.3 is 9.47 Å². The van der Waals surface area contributed by atoms with Gasteiger partial charge in [0.1, 0.15) is 17.9 Å². The highest BCUT2D eigenvalue weighted by Crippen LogP contribution is 2.33. The highest BCUT2D eigenvalue weighted by Gasteiger charge is 2.24. The van der Waals surface area contributed by atoms with Crippen LogP contribution in [0.4, 0.5) is 0 Å². The topological polar surface area (TPSA) is 53.4 Å². The van der Waals surface area contributed by atoms with Crippen LogP contribution in [-0.4, -0.2) is 34.6 Å². The molecule has 0 spiro atoms. The predicted octanol–water partition coefficient (Wildman–Crippen LogP) is 5.79. The van der Waals surface area contributed by atoms with Crippen molar-refractivity contribution in [3.63, 3.8) is 0 Å². The van der Waals surface area contributed by atoms with Crippen molar-refractivity contribution in [3.05, 3.63) is 40.5 Å². The molecule has 1 aliphatic rings. The summed E-state index contributed by atoms with van der Waals surface area (Å²) in [6.45, 7) is 9.36. The van der Waals surface area contributed by atoms with Gasteiger partial charge in [-0.25, -0.2) is 4.79 Å². The first-order valence-corrected chi connectivity index (χ1v) is 11.6. The molecule has 30 heavy (non-hydrogen) atoms. The third-order valence-electron chi connectivity index (χ3n) is 5.57. The first kappa shape index (κ1) is 23.0. The Kier molecular flexibility index (Phi) is 7.75. The predicted molar refractivity (Wildman–Crippen MR) is 122 cm³/mol. The first-order chi connectivity index (χ1) is 14.2. The zero-order valence-corrected chi connectivity index (χ0v) is 20.1. The normalized spacial score (nSPS) is 19.6. The van der Waals surface area contributed by atoms with Crippen LogP contribution in [0.5, 0.6) is 0 Å². The molecule has 1 aromatic carbocycles. The number of hydrogen-bond acceptors (Lipinski definition) is 4. The maximum absolute atomic E-state index is 11.8. The van der Waals surface area contributed by atoms with Crippen LogP contribution in [0.25, 0.3) is 11.3 Å². The summed E-state index contributed by atoms with van der Waals surface area (Å²) in [4.78, 5) is 11.8. The van der Waals surface area contributed by atoms with Crippen molar-refractivity contribution in [1.82, 2.24) is 9.78 Å². The van der Waals surface area contributed by atoms with Crippen molar-refractivity contribution in [1.29, 1.82) is 0 Å². The van der Waals surface area contributed by atoms with Gasteiger partial charge in [0.2, 0.25) is 0 Å². The Morgan fingerprint density at radius 3 is 2.40 bits per heavy atom. The maximum Gasteiger partial charge on any atom is 0.332 e. The van der Waals surface area contributed by atoms with Crippen LogP contribution >= 0.6 is 15.9 Å². The van der Waals surface area contributed by atoms with Crippen molar-refractivity contribution >= 4 is 21.9 Å². The van der Waals surface area contributed by atoms with Gasteiger partial charge in [0.05, 0.1) is 16.8 Å². The number of nitrogens with zero attached hydrogens (tertiary/aromatic N) is 2. The van der Waals surface area contributed by atoms with Gasteiger partial charge in [-0.15, -0.1) is 0 Å². The first-order valence-electron chi connectivity index (χ1n) is 10.8. The van der Waals surface area contributed by atoms with Crippen molar-refractivity contribution < 1.29 is 14.3 Å². The van der Waals surface area contributed by atoms with E-state index >= 15 is 0 Å². The van der Waals surface area contributed by atoms with Gasteiger partial charge in [-0.2, -0.15) is 5.10 Å². The second-order valence-corrected chi connectivity index (χ2v) is 10.1. The summed E-state index contributed by atoms with van der Waals surface area (Å²) in [5.74, 6) is 0.861. The number of esters is 1. The Bertz CT molecular complexity index is 834. The zero-order valence-electron chi connectivity index (χ0n) is 18.5. The fourth-order valence-corrected chi connectivity index (χ4v) is 4.50. The van der Waals surface area contributed by atoms with Gasteiger partial charge in [-0.05, 0) is 81.1 Å². The molecule has 2 aromatic rings. The van der Waals surface area contributed by atoms with Crippen LogP contribution in [0.3, 0.4) is 0 Å². The molecule has 5 nitrogen and oxygen atoms in total. The van der Waals surface area contributed by atoms with E-state index in [9.17, 15) is 4.79 Å². The lowest BCUT2D eigenvalue weighted by molar-refractivity contribution is -0.160. The lowest BCUT2D eigenvalue weighted by Gasteiger charge is -2.28. The van der Waals surface area contributed by atoms with Gasteiger partial charge >= 0.3 is 5.97 Å². The summed E-state index contributed by atoms with van der Waals surface area (Å²) in [6, 6.07) is 10.3. The fraction of sp³-hybridized carbons (Fsp3) is 0.583. The third-order valence-corrected chi connectivity index (χ3v) is 6.52. The van der Waals surface area contributed by atoms with Gasteiger partial charge in [0, 0.05) is 12.1 Å². The number of halogens is 1. The molecular formula is C24H33BrN2O3. The Labute approximate surface area is 188 Å².